The Morgan fingerprint density at radius 2 is 1.92 bits per heavy atom. The lowest BCUT2D eigenvalue weighted by atomic mass is 9.83. The van der Waals surface area contributed by atoms with Crippen molar-refractivity contribution >= 4 is 63.0 Å². The molecule has 1 unspecified atom stereocenters. The molecule has 1 atom stereocenters. The number of rotatable bonds is 3. The summed E-state index contributed by atoms with van der Waals surface area (Å²) in [5, 5.41) is 22.1. The first-order valence-electron chi connectivity index (χ1n) is 11.4. The summed E-state index contributed by atoms with van der Waals surface area (Å²) < 4.78 is 2.45. The van der Waals surface area contributed by atoms with E-state index in [4.69, 9.17) is 16.6 Å². The lowest BCUT2D eigenvalue weighted by molar-refractivity contribution is -0.386. The molecule has 0 radical (unpaired) electrons. The van der Waals surface area contributed by atoms with E-state index in [1.165, 1.54) is 23.0 Å². The number of aromatic hydroxyl groups is 1. The molecule has 1 aromatic heterocycles. The van der Waals surface area contributed by atoms with E-state index < -0.39 is 16.4 Å². The highest BCUT2D eigenvalue weighted by atomic mass is 127. The quantitative estimate of drug-likeness (QED) is 0.189. The molecule has 0 amide bonds. The van der Waals surface area contributed by atoms with E-state index in [1.54, 1.807) is 16.7 Å². The zero-order valence-electron chi connectivity index (χ0n) is 19.0. The highest BCUT2D eigenvalue weighted by molar-refractivity contribution is 14.1. The maximum absolute atomic E-state index is 13.8. The minimum Gasteiger partial charge on any atom is -0.501 e. The summed E-state index contributed by atoms with van der Waals surface area (Å²) in [6, 6.07) is 18.3. The number of hydrogen-bond acceptors (Lipinski definition) is 6. The number of nitro groups is 1. The van der Waals surface area contributed by atoms with Crippen molar-refractivity contribution in [3.8, 4) is 5.75 Å². The Bertz CT molecular complexity index is 1830. The van der Waals surface area contributed by atoms with Crippen LogP contribution in [0.1, 0.15) is 34.7 Å². The van der Waals surface area contributed by atoms with Gasteiger partial charge in [0.1, 0.15) is 0 Å². The zero-order chi connectivity index (χ0) is 25.8. The van der Waals surface area contributed by atoms with E-state index in [-0.39, 0.29) is 11.6 Å². The van der Waals surface area contributed by atoms with Gasteiger partial charge in [-0.15, -0.1) is 0 Å². The van der Waals surface area contributed by atoms with Crippen LogP contribution < -0.4 is 14.9 Å². The van der Waals surface area contributed by atoms with Gasteiger partial charge in [-0.1, -0.05) is 59.3 Å². The number of allylic oxidation sites excluding steroid dienone is 1. The molecule has 0 spiro atoms. The van der Waals surface area contributed by atoms with E-state index in [9.17, 15) is 20.0 Å². The number of halogens is 2. The number of fused-ring (bicyclic) bond motifs is 3. The monoisotopic (exact) mass is 641 g/mol. The van der Waals surface area contributed by atoms with Gasteiger partial charge in [-0.05, 0) is 82.0 Å². The summed E-state index contributed by atoms with van der Waals surface area (Å²) in [4.78, 5) is 30.1. The molecule has 184 valence electrons. The van der Waals surface area contributed by atoms with Crippen LogP contribution in [-0.2, 0) is 6.42 Å². The summed E-state index contributed by atoms with van der Waals surface area (Å²) in [5.41, 5.74) is 5.04. The average molecular weight is 642 g/mol. The molecule has 7 nitrogen and oxygen atoms in total. The number of hydrogen-bond donors (Lipinski definition) is 1. The van der Waals surface area contributed by atoms with E-state index in [1.807, 2.05) is 59.0 Å². The highest BCUT2D eigenvalue weighted by Gasteiger charge is 2.32. The summed E-state index contributed by atoms with van der Waals surface area (Å²) in [6.07, 6.45) is 3.25. The molecule has 0 bridgehead atoms. The summed E-state index contributed by atoms with van der Waals surface area (Å²) in [5.74, 6) is -0.390. The lowest BCUT2D eigenvalue weighted by Gasteiger charge is -2.30. The molecule has 0 saturated heterocycles. The van der Waals surface area contributed by atoms with Crippen molar-refractivity contribution in [2.24, 2.45) is 4.99 Å². The third kappa shape index (κ3) is 4.11. The van der Waals surface area contributed by atoms with E-state index in [0.717, 1.165) is 35.2 Å². The second-order valence-corrected chi connectivity index (χ2v) is 11.4. The number of aryl methyl sites for hydroxylation is 1. The molecule has 1 aliphatic heterocycles. The maximum atomic E-state index is 13.8. The van der Waals surface area contributed by atoms with Crippen LogP contribution in [0.2, 0.25) is 5.02 Å². The Balaban J connectivity index is 1.61. The first-order valence-corrected chi connectivity index (χ1v) is 13.6. The number of thiazole rings is 1. The summed E-state index contributed by atoms with van der Waals surface area (Å²) in [7, 11) is 0. The number of nitro benzene ring substituents is 1. The maximum Gasteiger partial charge on any atom is 0.312 e. The minimum absolute atomic E-state index is 0.222. The Kier molecular flexibility index (Phi) is 6.01. The van der Waals surface area contributed by atoms with Crippen molar-refractivity contribution in [3.63, 3.8) is 0 Å². The van der Waals surface area contributed by atoms with Crippen LogP contribution in [-0.4, -0.2) is 14.6 Å². The highest BCUT2D eigenvalue weighted by Crippen LogP contribution is 2.41. The molecule has 1 N–H and O–H groups in total. The van der Waals surface area contributed by atoms with Gasteiger partial charge in [0, 0.05) is 16.7 Å². The smallest absolute Gasteiger partial charge is 0.312 e. The van der Waals surface area contributed by atoms with Crippen LogP contribution in [0, 0.1) is 13.7 Å². The van der Waals surface area contributed by atoms with Gasteiger partial charge in [0.05, 0.1) is 24.8 Å². The Labute approximate surface area is 233 Å². The first kappa shape index (κ1) is 24.1. The van der Waals surface area contributed by atoms with Crippen molar-refractivity contribution in [2.75, 3.05) is 0 Å². The van der Waals surface area contributed by atoms with Crippen molar-refractivity contribution < 1.29 is 10.0 Å². The standard InChI is InChI=1S/C27H17ClIN3O4S/c28-17-8-5-16(6-9-17)24-19-10-7-15-3-1-2-4-18(15)23(19)30-27-31(24)26(34)22(37-27)13-14-11-20(29)25(33)21(12-14)32(35)36/h1-6,8-9,11-13,24,33H,7,10H2/b22-13-. The fraction of sp³-hybridized carbons (Fsp3) is 0.111. The van der Waals surface area contributed by atoms with Gasteiger partial charge in [-0.25, -0.2) is 4.99 Å². The second-order valence-electron chi connectivity index (χ2n) is 8.79. The molecular weight excluding hydrogens is 625 g/mol. The Hall–Kier alpha value is -3.28. The van der Waals surface area contributed by atoms with Crippen LogP contribution in [0.4, 0.5) is 5.69 Å². The molecule has 0 saturated carbocycles. The molecule has 1 aliphatic carbocycles. The molecule has 2 aliphatic rings. The number of phenols is 1. The van der Waals surface area contributed by atoms with Crippen LogP contribution in [0.15, 0.2) is 76.0 Å². The second kappa shape index (κ2) is 9.23. The van der Waals surface area contributed by atoms with E-state index in [2.05, 4.69) is 12.1 Å². The molecule has 0 fully saturated rings. The van der Waals surface area contributed by atoms with Crippen LogP contribution in [0.25, 0.3) is 11.8 Å². The fourth-order valence-corrected chi connectivity index (χ4v) is 6.71. The fourth-order valence-electron chi connectivity index (χ4n) is 4.95. The van der Waals surface area contributed by atoms with Crippen LogP contribution >= 0.6 is 45.5 Å². The summed E-state index contributed by atoms with van der Waals surface area (Å²) >= 11 is 9.26. The predicted molar refractivity (Wildman–Crippen MR) is 152 cm³/mol. The largest absolute Gasteiger partial charge is 0.501 e. The van der Waals surface area contributed by atoms with E-state index >= 15 is 0 Å². The van der Waals surface area contributed by atoms with Crippen molar-refractivity contribution in [1.29, 1.82) is 0 Å². The third-order valence-corrected chi connectivity index (χ3v) is 8.68. The molecule has 37 heavy (non-hydrogen) atoms. The summed E-state index contributed by atoms with van der Waals surface area (Å²) in [6.45, 7) is 0. The molecule has 10 heteroatoms. The Morgan fingerprint density at radius 1 is 1.16 bits per heavy atom. The average Bonchev–Trinajstić information content (AvgIpc) is 3.19. The van der Waals surface area contributed by atoms with Gasteiger partial charge >= 0.3 is 5.69 Å². The zero-order valence-corrected chi connectivity index (χ0v) is 22.8. The van der Waals surface area contributed by atoms with Crippen molar-refractivity contribution in [3.05, 3.63) is 127 Å². The van der Waals surface area contributed by atoms with Gasteiger partial charge < -0.3 is 5.11 Å². The van der Waals surface area contributed by atoms with Gasteiger partial charge in [-0.2, -0.15) is 0 Å². The van der Waals surface area contributed by atoms with Gasteiger partial charge in [0.2, 0.25) is 5.75 Å². The lowest BCUT2D eigenvalue weighted by Crippen LogP contribution is -2.38. The van der Waals surface area contributed by atoms with Crippen molar-refractivity contribution in [2.45, 2.75) is 18.9 Å². The molecule has 4 aromatic rings. The molecule has 6 rings (SSSR count). The van der Waals surface area contributed by atoms with Crippen molar-refractivity contribution in [1.82, 2.24) is 4.57 Å². The Morgan fingerprint density at radius 3 is 2.68 bits per heavy atom. The van der Waals surface area contributed by atoms with Gasteiger partial charge in [-0.3, -0.25) is 19.5 Å². The van der Waals surface area contributed by atoms with E-state index in [0.29, 0.717) is 23.5 Å². The molecule has 3 aromatic carbocycles. The SMILES string of the molecule is O=c1/c(=C/c2cc(I)c(O)c([N+](=O)[O-])c2)sc2n1C(c1ccc(Cl)cc1)C1=C(N=2)c2ccccc2CC1. The third-order valence-electron chi connectivity index (χ3n) is 6.62. The number of nitrogens with zero attached hydrogens (tertiary/aromatic N) is 3. The number of phenolic OH excluding ortho intramolecular Hbond substituents is 1. The molecular formula is C27H17ClIN3O4S. The first-order chi connectivity index (χ1) is 17.8. The van der Waals surface area contributed by atoms with Gasteiger partial charge in [0.15, 0.2) is 4.80 Å². The number of aromatic nitrogens is 1. The topological polar surface area (TPSA) is 97.7 Å². The van der Waals surface area contributed by atoms with Crippen LogP contribution in [0.3, 0.4) is 0 Å². The minimum atomic E-state index is -0.636. The normalized spacial score (nSPS) is 16.6. The predicted octanol–water partition coefficient (Wildman–Crippen LogP) is 5.19. The van der Waals surface area contributed by atoms with Gasteiger partial charge in [0.25, 0.3) is 5.56 Å². The molecule has 2 heterocycles. The van der Waals surface area contributed by atoms with Crippen LogP contribution in [0.5, 0.6) is 5.75 Å². The number of benzene rings is 3.